The number of benzene rings is 1. The highest BCUT2D eigenvalue weighted by Crippen LogP contribution is 2.32. The summed E-state index contributed by atoms with van der Waals surface area (Å²) < 4.78 is 0. The van der Waals surface area contributed by atoms with Crippen molar-refractivity contribution in [2.24, 2.45) is 11.8 Å². The summed E-state index contributed by atoms with van der Waals surface area (Å²) in [5.74, 6) is -0.435. The van der Waals surface area contributed by atoms with E-state index in [0.717, 1.165) is 24.2 Å². The van der Waals surface area contributed by atoms with Crippen LogP contribution in [-0.2, 0) is 4.79 Å². The first-order valence-electron chi connectivity index (χ1n) is 8.44. The predicted molar refractivity (Wildman–Crippen MR) is 95.9 cm³/mol. The molecule has 25 heavy (non-hydrogen) atoms. The molecule has 1 aromatic rings. The summed E-state index contributed by atoms with van der Waals surface area (Å²) in [5, 5.41) is 3.39. The van der Waals surface area contributed by atoms with E-state index >= 15 is 0 Å². The number of hydrogen-bond donors (Lipinski definition) is 1. The van der Waals surface area contributed by atoms with Crippen LogP contribution in [0.4, 0.5) is 0 Å². The Balaban J connectivity index is 1.70. The van der Waals surface area contributed by atoms with Crippen LogP contribution in [0.25, 0.3) is 0 Å². The van der Waals surface area contributed by atoms with Crippen molar-refractivity contribution >= 4 is 40.9 Å². The smallest absolute Gasteiger partial charge is 0.262 e. The second-order valence-corrected chi connectivity index (χ2v) is 7.76. The highest BCUT2D eigenvalue weighted by Gasteiger charge is 2.38. The average Bonchev–Trinajstić information content (AvgIpc) is 2.77. The first kappa shape index (κ1) is 18.2. The molecule has 1 N–H and O–H groups in total. The monoisotopic (exact) mass is 382 g/mol. The molecule has 1 aromatic carbocycles. The van der Waals surface area contributed by atoms with Crippen LogP contribution in [0, 0.1) is 11.8 Å². The number of carbonyl (C=O) groups excluding carboxylic acids is 3. The van der Waals surface area contributed by atoms with Gasteiger partial charge in [-0.2, -0.15) is 0 Å². The third-order valence-corrected chi connectivity index (χ3v) is 6.09. The average molecular weight is 383 g/mol. The number of rotatable bonds is 3. The van der Waals surface area contributed by atoms with Gasteiger partial charge in [-0.05, 0) is 30.4 Å². The lowest BCUT2D eigenvalue weighted by molar-refractivity contribution is -0.122. The van der Waals surface area contributed by atoms with E-state index in [2.05, 4.69) is 19.2 Å². The second-order valence-electron chi connectivity index (χ2n) is 6.95. The highest BCUT2D eigenvalue weighted by molar-refractivity contribution is 6.43. The summed E-state index contributed by atoms with van der Waals surface area (Å²) in [4.78, 5) is 38.2. The van der Waals surface area contributed by atoms with E-state index in [1.165, 1.54) is 12.1 Å². The Morgan fingerprint density at radius 1 is 1.12 bits per heavy atom. The quantitative estimate of drug-likeness (QED) is 0.813. The molecule has 3 amide bonds. The van der Waals surface area contributed by atoms with Crippen LogP contribution in [0.3, 0.4) is 0 Å². The van der Waals surface area contributed by atoms with Gasteiger partial charge in [0.25, 0.3) is 11.8 Å². The van der Waals surface area contributed by atoms with Gasteiger partial charge < -0.3 is 5.32 Å². The van der Waals surface area contributed by atoms with E-state index in [0.29, 0.717) is 11.8 Å². The summed E-state index contributed by atoms with van der Waals surface area (Å²) in [6.45, 7) is 4.01. The lowest BCUT2D eigenvalue weighted by Crippen LogP contribution is -2.48. The predicted octanol–water partition coefficient (Wildman–Crippen LogP) is 3.53. The Morgan fingerprint density at radius 3 is 2.24 bits per heavy atom. The number of halogens is 2. The molecule has 0 saturated heterocycles. The fourth-order valence-electron chi connectivity index (χ4n) is 3.61. The van der Waals surface area contributed by atoms with Crippen LogP contribution in [0.5, 0.6) is 0 Å². The number of nitrogens with one attached hydrogen (secondary N) is 1. The standard InChI is InChI=1S/C18H20Cl2N2O3/c1-9-4-3-5-15(10(9)2)21-16(23)8-22-17(24)11-6-13(19)14(20)7-12(11)18(22)25/h6-7,9-10,15H,3-5,8H2,1-2H3,(H,21,23)/t9-,10-,15+/m1/s1. The van der Waals surface area contributed by atoms with Crippen LogP contribution >= 0.6 is 23.2 Å². The van der Waals surface area contributed by atoms with Crippen molar-refractivity contribution in [2.45, 2.75) is 39.2 Å². The second kappa shape index (κ2) is 6.96. The molecule has 1 aliphatic heterocycles. The van der Waals surface area contributed by atoms with Crippen LogP contribution in [0.15, 0.2) is 12.1 Å². The first-order valence-corrected chi connectivity index (χ1v) is 9.19. The maximum absolute atomic E-state index is 12.4. The Hall–Kier alpha value is -1.59. The minimum atomic E-state index is -0.515. The molecule has 7 heteroatoms. The van der Waals surface area contributed by atoms with Gasteiger partial charge in [0.05, 0.1) is 21.2 Å². The first-order chi connectivity index (χ1) is 11.8. The normalized spacial score (nSPS) is 25.9. The zero-order valence-electron chi connectivity index (χ0n) is 14.1. The summed E-state index contributed by atoms with van der Waals surface area (Å²) in [7, 11) is 0. The molecule has 0 bridgehead atoms. The van der Waals surface area contributed by atoms with Crippen molar-refractivity contribution < 1.29 is 14.4 Å². The van der Waals surface area contributed by atoms with Gasteiger partial charge in [0.15, 0.2) is 0 Å². The topological polar surface area (TPSA) is 66.5 Å². The number of imide groups is 1. The Bertz CT molecular complexity index is 709. The van der Waals surface area contributed by atoms with Crippen molar-refractivity contribution in [2.75, 3.05) is 6.54 Å². The van der Waals surface area contributed by atoms with Crippen molar-refractivity contribution in [1.29, 1.82) is 0 Å². The molecule has 1 aliphatic carbocycles. The van der Waals surface area contributed by atoms with E-state index in [1.54, 1.807) is 0 Å². The van der Waals surface area contributed by atoms with Gasteiger partial charge >= 0.3 is 0 Å². The fraction of sp³-hybridized carbons (Fsp3) is 0.500. The lowest BCUT2D eigenvalue weighted by atomic mass is 9.78. The van der Waals surface area contributed by atoms with E-state index in [9.17, 15) is 14.4 Å². The van der Waals surface area contributed by atoms with Crippen LogP contribution < -0.4 is 5.32 Å². The van der Waals surface area contributed by atoms with Gasteiger partial charge in [0.2, 0.25) is 5.91 Å². The summed E-state index contributed by atoms with van der Waals surface area (Å²) >= 11 is 11.8. The van der Waals surface area contributed by atoms with E-state index in [-0.39, 0.29) is 39.7 Å². The van der Waals surface area contributed by atoms with Crippen molar-refractivity contribution in [3.63, 3.8) is 0 Å². The molecule has 2 aliphatic rings. The van der Waals surface area contributed by atoms with E-state index in [4.69, 9.17) is 23.2 Å². The maximum atomic E-state index is 12.4. The summed E-state index contributed by atoms with van der Waals surface area (Å²) in [5.41, 5.74) is 0.374. The molecule has 1 fully saturated rings. The molecule has 3 atom stereocenters. The van der Waals surface area contributed by atoms with Crippen LogP contribution in [0.1, 0.15) is 53.8 Å². The SMILES string of the molecule is C[C@@H]1[C@H](C)CCC[C@@H]1NC(=O)CN1C(=O)c2cc(Cl)c(Cl)cc2C1=O. The number of hydrogen-bond acceptors (Lipinski definition) is 3. The van der Waals surface area contributed by atoms with E-state index in [1.807, 2.05) is 0 Å². The van der Waals surface area contributed by atoms with Gasteiger partial charge in [-0.15, -0.1) is 0 Å². The molecule has 1 heterocycles. The van der Waals surface area contributed by atoms with Gasteiger partial charge in [-0.3, -0.25) is 19.3 Å². The zero-order valence-corrected chi connectivity index (χ0v) is 15.7. The Labute approximate surface area is 156 Å². The van der Waals surface area contributed by atoms with Gasteiger partial charge in [-0.25, -0.2) is 0 Å². The molecular weight excluding hydrogens is 363 g/mol. The number of amides is 3. The minimum Gasteiger partial charge on any atom is -0.352 e. The van der Waals surface area contributed by atoms with E-state index < -0.39 is 11.8 Å². The van der Waals surface area contributed by atoms with Crippen LogP contribution in [0.2, 0.25) is 10.0 Å². The Morgan fingerprint density at radius 2 is 1.68 bits per heavy atom. The van der Waals surface area contributed by atoms with Crippen molar-refractivity contribution in [3.8, 4) is 0 Å². The fourth-order valence-corrected chi connectivity index (χ4v) is 3.94. The third kappa shape index (κ3) is 3.40. The number of fused-ring (bicyclic) bond motifs is 1. The number of nitrogens with zero attached hydrogens (tertiary/aromatic N) is 1. The molecular formula is C18H20Cl2N2O3. The number of carbonyl (C=O) groups is 3. The zero-order chi connectivity index (χ0) is 18.3. The molecule has 1 saturated carbocycles. The van der Waals surface area contributed by atoms with Crippen molar-refractivity contribution in [1.82, 2.24) is 10.2 Å². The van der Waals surface area contributed by atoms with Gasteiger partial charge in [0, 0.05) is 6.04 Å². The van der Waals surface area contributed by atoms with Gasteiger partial charge in [-0.1, -0.05) is 49.9 Å². The molecule has 0 spiro atoms. The molecule has 0 radical (unpaired) electrons. The van der Waals surface area contributed by atoms with Crippen LogP contribution in [-0.4, -0.2) is 35.2 Å². The Kier molecular flexibility index (Phi) is 5.07. The lowest BCUT2D eigenvalue weighted by Gasteiger charge is -2.34. The highest BCUT2D eigenvalue weighted by atomic mass is 35.5. The van der Waals surface area contributed by atoms with Gasteiger partial charge in [0.1, 0.15) is 6.54 Å². The maximum Gasteiger partial charge on any atom is 0.262 e. The molecule has 0 aromatic heterocycles. The third-order valence-electron chi connectivity index (χ3n) is 5.37. The minimum absolute atomic E-state index is 0.0790. The van der Waals surface area contributed by atoms with Crippen molar-refractivity contribution in [3.05, 3.63) is 33.3 Å². The summed E-state index contributed by atoms with van der Waals surface area (Å²) in [6, 6.07) is 2.83. The molecule has 3 rings (SSSR count). The molecule has 0 unspecified atom stereocenters. The molecule has 5 nitrogen and oxygen atoms in total. The summed E-state index contributed by atoms with van der Waals surface area (Å²) in [6.07, 6.45) is 3.15. The molecule has 134 valence electrons. The largest absolute Gasteiger partial charge is 0.352 e.